The first-order valence-electron chi connectivity index (χ1n) is 8.16. The number of carbonyl (C=O) groups excluding carboxylic acids is 2. The van der Waals surface area contributed by atoms with Crippen LogP contribution in [0, 0.1) is 11.3 Å². The fraction of sp³-hybridized carbons (Fsp3) is 0.389. The molecular formula is C18H22N4O3. The monoisotopic (exact) mass is 342 g/mol. The predicted octanol–water partition coefficient (Wildman–Crippen LogP) is 1.46. The van der Waals surface area contributed by atoms with Crippen molar-refractivity contribution in [1.82, 2.24) is 9.80 Å². The van der Waals surface area contributed by atoms with Crippen LogP contribution in [0.5, 0.6) is 0 Å². The largest absolute Gasteiger partial charge is 0.465 e. The van der Waals surface area contributed by atoms with Gasteiger partial charge in [0.2, 0.25) is 0 Å². The normalized spacial score (nSPS) is 15.4. The summed E-state index contributed by atoms with van der Waals surface area (Å²) in [6, 6.07) is 8.46. The van der Waals surface area contributed by atoms with Crippen LogP contribution in [0.25, 0.3) is 0 Å². The van der Waals surface area contributed by atoms with Gasteiger partial charge >= 0.3 is 5.97 Å². The third kappa shape index (κ3) is 4.81. The van der Waals surface area contributed by atoms with Gasteiger partial charge in [-0.25, -0.2) is 4.79 Å². The van der Waals surface area contributed by atoms with Gasteiger partial charge in [0.1, 0.15) is 11.6 Å². The molecule has 0 unspecified atom stereocenters. The van der Waals surface area contributed by atoms with E-state index >= 15 is 0 Å². The van der Waals surface area contributed by atoms with Crippen LogP contribution in [0.4, 0.5) is 5.69 Å². The van der Waals surface area contributed by atoms with Crippen molar-refractivity contribution >= 4 is 17.6 Å². The number of benzene rings is 1. The van der Waals surface area contributed by atoms with Crippen molar-refractivity contribution in [2.45, 2.75) is 6.92 Å². The first-order chi connectivity index (χ1) is 12.1. The zero-order chi connectivity index (χ0) is 18.2. The Balaban J connectivity index is 2.10. The molecule has 0 aliphatic carbocycles. The second kappa shape index (κ2) is 8.85. The number of carbonyl (C=O) groups is 2. The molecule has 25 heavy (non-hydrogen) atoms. The number of para-hydroxylation sites is 1. The molecule has 0 atom stereocenters. The molecule has 132 valence electrons. The van der Waals surface area contributed by atoms with Gasteiger partial charge in [0.25, 0.3) is 5.91 Å². The number of anilines is 1. The highest BCUT2D eigenvalue weighted by Crippen LogP contribution is 2.17. The molecule has 1 aromatic carbocycles. The Morgan fingerprint density at radius 1 is 1.28 bits per heavy atom. The average Bonchev–Trinajstić information content (AvgIpc) is 2.66. The number of likely N-dealkylation sites (N-methyl/N-ethyl adjacent to an activating group) is 1. The van der Waals surface area contributed by atoms with E-state index in [-0.39, 0.29) is 11.1 Å². The van der Waals surface area contributed by atoms with Gasteiger partial charge in [-0.2, -0.15) is 5.26 Å². The fourth-order valence-electron chi connectivity index (χ4n) is 2.60. The molecule has 0 bridgehead atoms. The summed E-state index contributed by atoms with van der Waals surface area (Å²) in [7, 11) is 1.28. The number of rotatable bonds is 5. The zero-order valence-corrected chi connectivity index (χ0v) is 14.5. The molecule has 1 saturated heterocycles. The van der Waals surface area contributed by atoms with Gasteiger partial charge in [-0.3, -0.25) is 4.79 Å². The predicted molar refractivity (Wildman–Crippen MR) is 93.8 cm³/mol. The molecule has 7 nitrogen and oxygen atoms in total. The van der Waals surface area contributed by atoms with Crippen molar-refractivity contribution in [2.24, 2.45) is 0 Å². The van der Waals surface area contributed by atoms with Gasteiger partial charge in [0.05, 0.1) is 18.4 Å². The lowest BCUT2D eigenvalue weighted by Gasteiger charge is -2.33. The van der Waals surface area contributed by atoms with Crippen LogP contribution in [-0.2, 0) is 9.53 Å². The van der Waals surface area contributed by atoms with Gasteiger partial charge in [-0.05, 0) is 18.7 Å². The molecule has 7 heteroatoms. The van der Waals surface area contributed by atoms with Crippen LogP contribution in [0.15, 0.2) is 36.0 Å². The molecule has 1 fully saturated rings. The molecule has 0 radical (unpaired) electrons. The molecule has 1 heterocycles. The summed E-state index contributed by atoms with van der Waals surface area (Å²) in [6.45, 7) is 6.44. The number of amides is 1. The first kappa shape index (κ1) is 18.5. The van der Waals surface area contributed by atoms with E-state index < -0.39 is 11.9 Å². The Kier molecular flexibility index (Phi) is 6.54. The number of methoxy groups -OCH3 is 1. The summed E-state index contributed by atoms with van der Waals surface area (Å²) in [6.07, 6.45) is 1.59. The number of hydrogen-bond donors (Lipinski definition) is 1. The Hall–Kier alpha value is -2.85. The van der Waals surface area contributed by atoms with Crippen LogP contribution in [0.3, 0.4) is 0 Å². The van der Waals surface area contributed by atoms with E-state index in [9.17, 15) is 14.9 Å². The maximum atomic E-state index is 12.4. The van der Waals surface area contributed by atoms with E-state index in [1.807, 2.05) is 11.0 Å². The molecule has 2 rings (SSSR count). The number of esters is 1. The van der Waals surface area contributed by atoms with Crippen molar-refractivity contribution in [3.8, 4) is 6.07 Å². The molecule has 0 saturated carbocycles. The summed E-state index contributed by atoms with van der Waals surface area (Å²) < 4.78 is 4.70. The summed E-state index contributed by atoms with van der Waals surface area (Å²) in [4.78, 5) is 28.5. The van der Waals surface area contributed by atoms with E-state index in [0.717, 1.165) is 32.7 Å². The van der Waals surface area contributed by atoms with E-state index in [4.69, 9.17) is 4.74 Å². The highest BCUT2D eigenvalue weighted by Gasteiger charge is 2.18. The van der Waals surface area contributed by atoms with Crippen LogP contribution < -0.4 is 5.32 Å². The minimum absolute atomic E-state index is 0.00428. The average molecular weight is 342 g/mol. The van der Waals surface area contributed by atoms with Crippen molar-refractivity contribution in [1.29, 1.82) is 5.26 Å². The molecule has 1 N–H and O–H groups in total. The van der Waals surface area contributed by atoms with E-state index in [1.165, 1.54) is 7.11 Å². The number of nitriles is 1. The van der Waals surface area contributed by atoms with Crippen LogP contribution in [0.1, 0.15) is 17.3 Å². The van der Waals surface area contributed by atoms with Crippen LogP contribution in [-0.4, -0.2) is 61.5 Å². The molecule has 1 aromatic rings. The van der Waals surface area contributed by atoms with E-state index in [0.29, 0.717) is 5.69 Å². The van der Waals surface area contributed by atoms with Crippen molar-refractivity contribution in [3.63, 3.8) is 0 Å². The quantitative estimate of drug-likeness (QED) is 0.495. The maximum Gasteiger partial charge on any atom is 0.339 e. The lowest BCUT2D eigenvalue weighted by atomic mass is 10.1. The second-order valence-electron chi connectivity index (χ2n) is 5.62. The summed E-state index contributed by atoms with van der Waals surface area (Å²) >= 11 is 0. The highest BCUT2D eigenvalue weighted by molar-refractivity contribution is 6.09. The standard InChI is InChI=1S/C18H22N4O3/c1-3-21-8-10-22(11-9-21)13-14(12-19)17(23)20-16-7-5-4-6-15(16)18(24)25-2/h4-7,13H,3,8-11H2,1-2H3,(H,20,23)/b14-13-. The number of nitrogens with one attached hydrogen (secondary N) is 1. The third-order valence-corrected chi connectivity index (χ3v) is 4.11. The van der Waals surface area contributed by atoms with Crippen molar-refractivity contribution in [3.05, 3.63) is 41.6 Å². The van der Waals surface area contributed by atoms with Gasteiger partial charge < -0.3 is 19.9 Å². The molecule has 1 aliphatic heterocycles. The first-order valence-corrected chi connectivity index (χ1v) is 8.16. The minimum Gasteiger partial charge on any atom is -0.465 e. The number of hydrogen-bond acceptors (Lipinski definition) is 6. The van der Waals surface area contributed by atoms with E-state index in [2.05, 4.69) is 17.1 Å². The lowest BCUT2D eigenvalue weighted by molar-refractivity contribution is -0.112. The molecular weight excluding hydrogens is 320 g/mol. The topological polar surface area (TPSA) is 85.7 Å². The Morgan fingerprint density at radius 3 is 2.56 bits per heavy atom. The lowest BCUT2D eigenvalue weighted by Crippen LogP contribution is -2.44. The Bertz CT molecular complexity index is 701. The molecule has 1 aliphatic rings. The fourth-order valence-corrected chi connectivity index (χ4v) is 2.60. The number of ether oxygens (including phenoxy) is 1. The third-order valence-electron chi connectivity index (χ3n) is 4.11. The SMILES string of the molecule is CCN1CCN(/C=C(/C#N)C(=O)Nc2ccccc2C(=O)OC)CC1. The molecule has 0 aromatic heterocycles. The minimum atomic E-state index is -0.547. The Labute approximate surface area is 147 Å². The van der Waals surface area contributed by atoms with Crippen LogP contribution in [0.2, 0.25) is 0 Å². The van der Waals surface area contributed by atoms with Crippen molar-refractivity contribution < 1.29 is 14.3 Å². The summed E-state index contributed by atoms with van der Waals surface area (Å²) in [5, 5.41) is 11.9. The van der Waals surface area contributed by atoms with Gasteiger partial charge in [0.15, 0.2) is 0 Å². The van der Waals surface area contributed by atoms with E-state index in [1.54, 1.807) is 30.5 Å². The van der Waals surface area contributed by atoms with Gasteiger partial charge in [-0.1, -0.05) is 19.1 Å². The smallest absolute Gasteiger partial charge is 0.339 e. The number of nitrogens with zero attached hydrogens (tertiary/aromatic N) is 3. The molecule has 0 spiro atoms. The second-order valence-corrected chi connectivity index (χ2v) is 5.62. The van der Waals surface area contributed by atoms with Crippen LogP contribution >= 0.6 is 0 Å². The number of piperazine rings is 1. The van der Waals surface area contributed by atoms with Gasteiger partial charge in [-0.15, -0.1) is 0 Å². The van der Waals surface area contributed by atoms with Gasteiger partial charge in [0, 0.05) is 32.4 Å². The maximum absolute atomic E-state index is 12.4. The highest BCUT2D eigenvalue weighted by atomic mass is 16.5. The summed E-state index contributed by atoms with van der Waals surface area (Å²) in [5.41, 5.74) is 0.563. The zero-order valence-electron chi connectivity index (χ0n) is 14.5. The molecule has 1 amide bonds. The Morgan fingerprint density at radius 2 is 1.96 bits per heavy atom. The summed E-state index contributed by atoms with van der Waals surface area (Å²) in [5.74, 6) is -1.09. The van der Waals surface area contributed by atoms with Crippen molar-refractivity contribution in [2.75, 3.05) is 45.2 Å².